The van der Waals surface area contributed by atoms with Crippen LogP contribution in [-0.2, 0) is 10.2 Å². The minimum Gasteiger partial charge on any atom is -0.202 e. The van der Waals surface area contributed by atoms with E-state index in [2.05, 4.69) is 9.44 Å². The molecule has 0 aromatic heterocycles. The Labute approximate surface area is 78.3 Å². The zero-order valence-corrected chi connectivity index (χ0v) is 8.10. The summed E-state index contributed by atoms with van der Waals surface area (Å²) in [6.45, 7) is 0.329. The van der Waals surface area contributed by atoms with Gasteiger partial charge in [-0.25, -0.2) is 4.72 Å². The second-order valence-electron chi connectivity index (χ2n) is 3.05. The number of hydrogen-bond donors (Lipinski definition) is 2. The molecule has 0 bridgehead atoms. The van der Waals surface area contributed by atoms with Crippen LogP contribution in [0.5, 0.6) is 0 Å². The van der Waals surface area contributed by atoms with E-state index >= 15 is 0 Å². The Bertz CT molecular complexity index is 289. The zero-order valence-electron chi connectivity index (χ0n) is 7.28. The van der Waals surface area contributed by atoms with Crippen LogP contribution >= 0.6 is 0 Å². The Morgan fingerprint density at radius 2 is 2.15 bits per heavy atom. The number of hydrogen-bond acceptors (Lipinski definition) is 3. The van der Waals surface area contributed by atoms with Crippen LogP contribution in [0.25, 0.3) is 0 Å². The summed E-state index contributed by atoms with van der Waals surface area (Å²) >= 11 is 0. The van der Waals surface area contributed by atoms with E-state index in [0.717, 1.165) is 12.8 Å². The van der Waals surface area contributed by atoms with Gasteiger partial charge in [0.25, 0.3) is 10.2 Å². The molecule has 0 radical (unpaired) electrons. The molecule has 1 saturated carbocycles. The summed E-state index contributed by atoms with van der Waals surface area (Å²) in [5.41, 5.74) is 0. The third-order valence-corrected chi connectivity index (χ3v) is 2.88. The molecule has 0 aliphatic heterocycles. The first-order chi connectivity index (χ1) is 6.14. The molecule has 1 aliphatic carbocycles. The first-order valence-electron chi connectivity index (χ1n) is 4.28. The molecule has 1 aliphatic rings. The topological polar surface area (TPSA) is 82.0 Å². The van der Waals surface area contributed by atoms with Crippen LogP contribution in [0.4, 0.5) is 0 Å². The zero-order chi connectivity index (χ0) is 9.73. The molecule has 1 rings (SSSR count). The second-order valence-corrected chi connectivity index (χ2v) is 4.58. The van der Waals surface area contributed by atoms with E-state index in [4.69, 9.17) is 5.26 Å². The highest BCUT2D eigenvalue weighted by Gasteiger charge is 2.26. The molecule has 0 aromatic rings. The lowest BCUT2D eigenvalue weighted by Gasteiger charge is -2.05. The third-order valence-electron chi connectivity index (χ3n) is 1.66. The molecule has 0 atom stereocenters. The minimum atomic E-state index is -3.31. The Kier molecular flexibility index (Phi) is 3.66. The fourth-order valence-corrected chi connectivity index (χ4v) is 2.01. The molecule has 0 amide bonds. The summed E-state index contributed by atoms with van der Waals surface area (Å²) in [4.78, 5) is 0. The second kappa shape index (κ2) is 4.56. The van der Waals surface area contributed by atoms with Gasteiger partial charge in [-0.05, 0) is 19.3 Å². The van der Waals surface area contributed by atoms with Crippen molar-refractivity contribution in [3.05, 3.63) is 0 Å². The SMILES string of the molecule is N#CCCCNS(=O)(=O)NC1CC1. The van der Waals surface area contributed by atoms with Crippen LogP contribution in [0.2, 0.25) is 0 Å². The quantitative estimate of drug-likeness (QED) is 0.590. The van der Waals surface area contributed by atoms with Gasteiger partial charge in [0.15, 0.2) is 0 Å². The molecule has 0 aromatic carbocycles. The lowest BCUT2D eigenvalue weighted by Crippen LogP contribution is -2.38. The van der Waals surface area contributed by atoms with Gasteiger partial charge >= 0.3 is 0 Å². The van der Waals surface area contributed by atoms with Gasteiger partial charge in [-0.3, -0.25) is 0 Å². The highest BCUT2D eigenvalue weighted by molar-refractivity contribution is 7.87. The summed E-state index contributed by atoms with van der Waals surface area (Å²) in [5.74, 6) is 0. The highest BCUT2D eigenvalue weighted by atomic mass is 32.2. The van der Waals surface area contributed by atoms with Crippen molar-refractivity contribution in [2.75, 3.05) is 6.54 Å². The largest absolute Gasteiger partial charge is 0.277 e. The average Bonchev–Trinajstić information content (AvgIpc) is 2.81. The Morgan fingerprint density at radius 3 is 2.69 bits per heavy atom. The maximum Gasteiger partial charge on any atom is 0.277 e. The van der Waals surface area contributed by atoms with E-state index in [1.54, 1.807) is 0 Å². The lowest BCUT2D eigenvalue weighted by molar-refractivity contribution is 0.564. The van der Waals surface area contributed by atoms with Gasteiger partial charge in [-0.1, -0.05) is 0 Å². The maximum atomic E-state index is 11.1. The van der Waals surface area contributed by atoms with Crippen molar-refractivity contribution in [3.8, 4) is 6.07 Å². The van der Waals surface area contributed by atoms with Crippen molar-refractivity contribution in [3.63, 3.8) is 0 Å². The van der Waals surface area contributed by atoms with Gasteiger partial charge in [0.1, 0.15) is 0 Å². The fraction of sp³-hybridized carbons (Fsp3) is 0.857. The Balaban J connectivity index is 2.14. The van der Waals surface area contributed by atoms with Crippen LogP contribution in [-0.4, -0.2) is 21.0 Å². The van der Waals surface area contributed by atoms with Gasteiger partial charge in [0.2, 0.25) is 0 Å². The first kappa shape index (κ1) is 10.4. The van der Waals surface area contributed by atoms with E-state index in [0.29, 0.717) is 19.4 Å². The maximum absolute atomic E-state index is 11.1. The molecule has 6 heteroatoms. The number of unbranched alkanes of at least 4 members (excludes halogenated alkanes) is 1. The van der Waals surface area contributed by atoms with E-state index in [9.17, 15) is 8.42 Å². The molecule has 74 valence electrons. The van der Waals surface area contributed by atoms with Crippen molar-refractivity contribution >= 4 is 10.2 Å². The number of nitrogens with one attached hydrogen (secondary N) is 2. The van der Waals surface area contributed by atoms with Crippen molar-refractivity contribution < 1.29 is 8.42 Å². The molecular formula is C7H13N3O2S. The van der Waals surface area contributed by atoms with E-state index in [-0.39, 0.29) is 6.04 Å². The highest BCUT2D eigenvalue weighted by Crippen LogP contribution is 2.19. The first-order valence-corrected chi connectivity index (χ1v) is 5.76. The minimum absolute atomic E-state index is 0.133. The third kappa shape index (κ3) is 4.83. The predicted octanol–water partition coefficient (Wildman–Crippen LogP) is -0.123. The molecule has 0 spiro atoms. The van der Waals surface area contributed by atoms with Gasteiger partial charge < -0.3 is 0 Å². The summed E-state index contributed by atoms with van der Waals surface area (Å²) < 4.78 is 27.1. The molecule has 13 heavy (non-hydrogen) atoms. The fourth-order valence-electron chi connectivity index (χ4n) is 0.836. The summed E-state index contributed by atoms with van der Waals surface area (Å²) in [6.07, 6.45) is 2.80. The van der Waals surface area contributed by atoms with E-state index in [1.807, 2.05) is 6.07 Å². The molecule has 0 unspecified atom stereocenters. The average molecular weight is 203 g/mol. The van der Waals surface area contributed by atoms with Crippen molar-refractivity contribution in [2.45, 2.75) is 31.7 Å². The summed E-state index contributed by atoms with van der Waals surface area (Å²) in [5, 5.41) is 8.21. The standard InChI is InChI=1S/C7H13N3O2S/c8-5-1-2-6-9-13(11,12)10-7-3-4-7/h7,9-10H,1-4,6H2. The Morgan fingerprint density at radius 1 is 1.46 bits per heavy atom. The van der Waals surface area contributed by atoms with E-state index < -0.39 is 10.2 Å². The van der Waals surface area contributed by atoms with Gasteiger partial charge in [0, 0.05) is 19.0 Å². The number of nitrogens with zero attached hydrogens (tertiary/aromatic N) is 1. The van der Waals surface area contributed by atoms with Gasteiger partial charge in [-0.15, -0.1) is 0 Å². The van der Waals surface area contributed by atoms with Crippen LogP contribution in [0.15, 0.2) is 0 Å². The van der Waals surface area contributed by atoms with Gasteiger partial charge in [-0.2, -0.15) is 18.4 Å². The van der Waals surface area contributed by atoms with Crippen molar-refractivity contribution in [1.29, 1.82) is 5.26 Å². The molecule has 0 heterocycles. The van der Waals surface area contributed by atoms with E-state index in [1.165, 1.54) is 0 Å². The van der Waals surface area contributed by atoms with Gasteiger partial charge in [0.05, 0.1) is 6.07 Å². The van der Waals surface area contributed by atoms with Crippen LogP contribution < -0.4 is 9.44 Å². The molecule has 2 N–H and O–H groups in total. The number of rotatable bonds is 6. The normalized spacial score (nSPS) is 16.8. The number of nitriles is 1. The molecule has 1 fully saturated rings. The van der Waals surface area contributed by atoms with Crippen LogP contribution in [0.3, 0.4) is 0 Å². The molecular weight excluding hydrogens is 190 g/mol. The lowest BCUT2D eigenvalue weighted by atomic mass is 10.3. The molecule has 0 saturated heterocycles. The monoisotopic (exact) mass is 203 g/mol. The smallest absolute Gasteiger partial charge is 0.202 e. The predicted molar refractivity (Wildman–Crippen MR) is 47.9 cm³/mol. The summed E-state index contributed by atoms with van der Waals surface area (Å²) in [6, 6.07) is 2.08. The Hall–Kier alpha value is -0.640. The molecule has 5 nitrogen and oxygen atoms in total. The van der Waals surface area contributed by atoms with Crippen molar-refractivity contribution in [2.24, 2.45) is 0 Å². The van der Waals surface area contributed by atoms with Crippen LogP contribution in [0, 0.1) is 11.3 Å². The van der Waals surface area contributed by atoms with Crippen molar-refractivity contribution in [1.82, 2.24) is 9.44 Å². The summed E-state index contributed by atoms with van der Waals surface area (Å²) in [7, 11) is -3.31. The van der Waals surface area contributed by atoms with Crippen LogP contribution in [0.1, 0.15) is 25.7 Å².